The normalized spacial score (nSPS) is 12.1. The number of methoxy groups -OCH3 is 1. The van der Waals surface area contributed by atoms with E-state index in [9.17, 15) is 18.3 Å². The van der Waals surface area contributed by atoms with Crippen LogP contribution in [0.4, 0.5) is 5.82 Å². The first kappa shape index (κ1) is 25.7. The second-order valence-corrected chi connectivity index (χ2v) is 9.62. The largest absolute Gasteiger partial charge is 0.480 e. The van der Waals surface area contributed by atoms with Gasteiger partial charge in [-0.3, -0.25) is 9.97 Å². The van der Waals surface area contributed by atoms with Gasteiger partial charge >= 0.3 is 5.97 Å². The van der Waals surface area contributed by atoms with E-state index in [-0.39, 0.29) is 28.7 Å². The Morgan fingerprint density at radius 3 is 2.57 bits per heavy atom. The topological polar surface area (TPSA) is 170 Å². The molecule has 4 rings (SSSR count). The summed E-state index contributed by atoms with van der Waals surface area (Å²) >= 11 is 0. The summed E-state index contributed by atoms with van der Waals surface area (Å²) in [6.07, 6.45) is 4.52. The van der Waals surface area contributed by atoms with Gasteiger partial charge in [-0.15, -0.1) is 0 Å². The highest BCUT2D eigenvalue weighted by molar-refractivity contribution is 7.89. The molecule has 0 aliphatic carbocycles. The summed E-state index contributed by atoms with van der Waals surface area (Å²) in [5.74, 6) is -0.842. The average molecular weight is 521 g/mol. The van der Waals surface area contributed by atoms with Crippen LogP contribution in [0.5, 0.6) is 5.88 Å². The highest BCUT2D eigenvalue weighted by atomic mass is 32.2. The fourth-order valence-electron chi connectivity index (χ4n) is 3.77. The monoisotopic (exact) mass is 520 g/mol. The van der Waals surface area contributed by atoms with Crippen molar-refractivity contribution in [3.8, 4) is 28.4 Å². The fourth-order valence-corrected chi connectivity index (χ4v) is 4.47. The standard InChI is InChI=1S/C25H24N6O5S/c1-15-14-29-23(24(30-15)36-2)31-20(25(32)33)13-16-8-9-17(19-6-3-4-10-27-19)12-18(16)22-21(37(26,34)35)7-5-11-28-22/h3-12,14,20H,13H2,1-2H3,(H,29,31)(H,32,33)(H2,26,34,35). The van der Waals surface area contributed by atoms with Crippen LogP contribution in [0, 0.1) is 6.92 Å². The van der Waals surface area contributed by atoms with Crippen LogP contribution < -0.4 is 15.2 Å². The van der Waals surface area contributed by atoms with Crippen molar-refractivity contribution in [2.75, 3.05) is 12.4 Å². The minimum Gasteiger partial charge on any atom is -0.480 e. The molecule has 3 heterocycles. The van der Waals surface area contributed by atoms with Gasteiger partial charge in [-0.05, 0) is 42.8 Å². The third kappa shape index (κ3) is 5.88. The first-order valence-corrected chi connectivity index (χ1v) is 12.6. The number of hydrogen-bond acceptors (Lipinski definition) is 9. The number of benzene rings is 1. The molecule has 4 N–H and O–H groups in total. The van der Waals surface area contributed by atoms with Crippen molar-refractivity contribution in [2.45, 2.75) is 24.3 Å². The van der Waals surface area contributed by atoms with Crippen LogP contribution in [-0.4, -0.2) is 52.6 Å². The maximum atomic E-state index is 12.4. The van der Waals surface area contributed by atoms with Gasteiger partial charge in [0.2, 0.25) is 10.0 Å². The molecule has 1 atom stereocenters. The Hall–Kier alpha value is -4.42. The zero-order valence-corrected chi connectivity index (χ0v) is 20.8. The molecule has 0 radical (unpaired) electrons. The molecule has 0 bridgehead atoms. The van der Waals surface area contributed by atoms with Crippen LogP contribution in [0.25, 0.3) is 22.5 Å². The van der Waals surface area contributed by atoms with Gasteiger partial charge in [0.25, 0.3) is 5.88 Å². The number of hydrogen-bond donors (Lipinski definition) is 3. The van der Waals surface area contributed by atoms with Gasteiger partial charge in [0.15, 0.2) is 5.82 Å². The molecule has 0 saturated carbocycles. The predicted molar refractivity (Wildman–Crippen MR) is 136 cm³/mol. The minimum atomic E-state index is -4.13. The molecule has 12 heteroatoms. The number of anilines is 1. The van der Waals surface area contributed by atoms with E-state index in [1.165, 1.54) is 31.6 Å². The summed E-state index contributed by atoms with van der Waals surface area (Å²) in [6, 6.07) is 12.3. The maximum Gasteiger partial charge on any atom is 0.326 e. The summed E-state index contributed by atoms with van der Waals surface area (Å²) in [6.45, 7) is 1.74. The second-order valence-electron chi connectivity index (χ2n) is 8.09. The Balaban J connectivity index is 1.83. The number of aromatic nitrogens is 4. The number of ether oxygens (including phenoxy) is 1. The number of nitrogens with one attached hydrogen (secondary N) is 1. The zero-order valence-electron chi connectivity index (χ0n) is 20.0. The summed E-state index contributed by atoms with van der Waals surface area (Å²) in [5.41, 5.74) is 2.97. The summed E-state index contributed by atoms with van der Waals surface area (Å²) < 4.78 is 29.9. The molecule has 4 aromatic rings. The number of nitrogens with zero attached hydrogens (tertiary/aromatic N) is 4. The second kappa shape index (κ2) is 10.7. The van der Waals surface area contributed by atoms with Gasteiger partial charge in [-0.25, -0.2) is 28.3 Å². The lowest BCUT2D eigenvalue weighted by Crippen LogP contribution is -2.32. The van der Waals surface area contributed by atoms with Crippen molar-refractivity contribution in [3.63, 3.8) is 0 Å². The number of aliphatic carboxylic acids is 1. The molecule has 0 aliphatic rings. The number of carboxylic acids is 1. The summed E-state index contributed by atoms with van der Waals surface area (Å²) in [4.78, 5) is 29.2. The lowest BCUT2D eigenvalue weighted by molar-refractivity contribution is -0.137. The van der Waals surface area contributed by atoms with Gasteiger partial charge in [0.05, 0.1) is 30.4 Å². The van der Waals surface area contributed by atoms with Crippen molar-refractivity contribution >= 4 is 21.8 Å². The van der Waals surface area contributed by atoms with Crippen LogP contribution >= 0.6 is 0 Å². The van der Waals surface area contributed by atoms with Crippen molar-refractivity contribution in [2.24, 2.45) is 5.14 Å². The average Bonchev–Trinajstić information content (AvgIpc) is 2.89. The predicted octanol–water partition coefficient (Wildman–Crippen LogP) is 2.67. The first-order chi connectivity index (χ1) is 17.7. The fraction of sp³-hybridized carbons (Fsp3) is 0.160. The molecule has 1 aromatic carbocycles. The smallest absolute Gasteiger partial charge is 0.326 e. The van der Waals surface area contributed by atoms with Crippen LogP contribution in [0.15, 0.2) is 72.0 Å². The molecular weight excluding hydrogens is 496 g/mol. The highest BCUT2D eigenvalue weighted by Gasteiger charge is 2.25. The molecule has 0 aliphatic heterocycles. The number of carbonyl (C=O) groups is 1. The lowest BCUT2D eigenvalue weighted by Gasteiger charge is -2.19. The Morgan fingerprint density at radius 1 is 1.11 bits per heavy atom. The van der Waals surface area contributed by atoms with E-state index in [0.717, 1.165) is 0 Å². The van der Waals surface area contributed by atoms with Crippen LogP contribution in [0.3, 0.4) is 0 Å². The third-order valence-electron chi connectivity index (χ3n) is 5.49. The van der Waals surface area contributed by atoms with Crippen molar-refractivity contribution in [3.05, 3.63) is 78.4 Å². The van der Waals surface area contributed by atoms with Gasteiger partial charge < -0.3 is 15.2 Å². The number of primary sulfonamides is 1. The van der Waals surface area contributed by atoms with Crippen molar-refractivity contribution < 1.29 is 23.1 Å². The van der Waals surface area contributed by atoms with E-state index in [4.69, 9.17) is 9.88 Å². The Morgan fingerprint density at radius 2 is 1.89 bits per heavy atom. The van der Waals surface area contributed by atoms with Crippen LogP contribution in [0.1, 0.15) is 11.3 Å². The van der Waals surface area contributed by atoms with Gasteiger partial charge in [0, 0.05) is 29.9 Å². The molecular formula is C25H24N6O5S. The molecule has 0 amide bonds. The molecule has 0 saturated heterocycles. The quantitative estimate of drug-likeness (QED) is 0.298. The molecule has 3 aromatic heterocycles. The van der Waals surface area contributed by atoms with Crippen LogP contribution in [-0.2, 0) is 21.2 Å². The van der Waals surface area contributed by atoms with E-state index < -0.39 is 22.0 Å². The Labute approximate surface area is 213 Å². The molecule has 37 heavy (non-hydrogen) atoms. The number of carboxylic acid groups (broad SMARTS) is 1. The number of rotatable bonds is 9. The summed E-state index contributed by atoms with van der Waals surface area (Å²) in [7, 11) is -2.72. The Bertz CT molecular complexity index is 1550. The van der Waals surface area contributed by atoms with E-state index in [1.54, 1.807) is 37.4 Å². The number of sulfonamides is 1. The molecule has 1 unspecified atom stereocenters. The van der Waals surface area contributed by atoms with E-state index in [0.29, 0.717) is 28.1 Å². The van der Waals surface area contributed by atoms with E-state index in [1.807, 2.05) is 12.1 Å². The SMILES string of the molecule is COc1nc(C)cnc1NC(Cc1ccc(-c2ccccn2)cc1-c1ncccc1S(N)(=O)=O)C(=O)O. The van der Waals surface area contributed by atoms with Crippen LogP contribution in [0.2, 0.25) is 0 Å². The van der Waals surface area contributed by atoms with Crippen molar-refractivity contribution in [1.29, 1.82) is 0 Å². The molecule has 190 valence electrons. The third-order valence-corrected chi connectivity index (χ3v) is 6.43. The number of pyridine rings is 2. The van der Waals surface area contributed by atoms with Crippen molar-refractivity contribution in [1.82, 2.24) is 19.9 Å². The zero-order chi connectivity index (χ0) is 26.6. The number of nitrogens with two attached hydrogens (primary N) is 1. The first-order valence-electron chi connectivity index (χ1n) is 11.1. The summed E-state index contributed by atoms with van der Waals surface area (Å²) in [5, 5.41) is 18.3. The van der Waals surface area contributed by atoms with Gasteiger partial charge in [-0.1, -0.05) is 18.2 Å². The van der Waals surface area contributed by atoms with Gasteiger partial charge in [-0.2, -0.15) is 0 Å². The molecule has 0 spiro atoms. The lowest BCUT2D eigenvalue weighted by atomic mass is 9.94. The van der Waals surface area contributed by atoms with Gasteiger partial charge in [0.1, 0.15) is 10.9 Å². The highest BCUT2D eigenvalue weighted by Crippen LogP contribution is 2.32. The van der Waals surface area contributed by atoms with E-state index >= 15 is 0 Å². The maximum absolute atomic E-state index is 12.4. The number of aryl methyl sites for hydroxylation is 1. The van der Waals surface area contributed by atoms with E-state index in [2.05, 4.69) is 25.3 Å². The minimum absolute atomic E-state index is 0.0491. The molecule has 0 fully saturated rings. The molecule has 11 nitrogen and oxygen atoms in total. The Kier molecular flexibility index (Phi) is 7.41.